The highest BCUT2D eigenvalue weighted by atomic mass is 35.5. The summed E-state index contributed by atoms with van der Waals surface area (Å²) < 4.78 is 7.33. The molecule has 0 bridgehead atoms. The molecule has 1 unspecified atom stereocenters. The highest BCUT2D eigenvalue weighted by Gasteiger charge is 2.17. The fraction of sp³-hybridized carbons (Fsp3) is 0.800. The lowest BCUT2D eigenvalue weighted by molar-refractivity contribution is 0.140. The van der Waals surface area contributed by atoms with Crippen LogP contribution in [0, 0.1) is 0 Å². The van der Waals surface area contributed by atoms with Crippen LogP contribution in [-0.4, -0.2) is 35.6 Å². The Labute approximate surface area is 127 Å². The van der Waals surface area contributed by atoms with Gasteiger partial charge < -0.3 is 10.1 Å². The minimum Gasteiger partial charge on any atom is -0.382 e. The summed E-state index contributed by atoms with van der Waals surface area (Å²) in [6, 6.07) is 0.429. The lowest BCUT2D eigenvalue weighted by Crippen LogP contribution is -2.32. The molecule has 0 spiro atoms. The average Bonchev–Trinajstić information content (AvgIpc) is 2.71. The first-order valence-electron chi connectivity index (χ1n) is 7.65. The van der Waals surface area contributed by atoms with Crippen LogP contribution in [0.1, 0.15) is 45.0 Å². The Hall–Kier alpha value is -0.580. The smallest absolute Gasteiger partial charge is 0.0850 e. The van der Waals surface area contributed by atoms with Crippen LogP contribution in [0.4, 0.5) is 0 Å². The van der Waals surface area contributed by atoms with Gasteiger partial charge in [-0.25, -0.2) is 0 Å². The third-order valence-corrected chi connectivity index (χ3v) is 3.92. The molecule has 1 aromatic rings. The van der Waals surface area contributed by atoms with Gasteiger partial charge in [-0.3, -0.25) is 4.68 Å². The molecule has 1 aromatic heterocycles. The Balaban J connectivity index is 2.62. The Morgan fingerprint density at radius 2 is 2.10 bits per heavy atom. The van der Waals surface area contributed by atoms with E-state index in [-0.39, 0.29) is 0 Å². The van der Waals surface area contributed by atoms with Crippen molar-refractivity contribution < 1.29 is 4.74 Å². The topological polar surface area (TPSA) is 39.1 Å². The second-order valence-corrected chi connectivity index (χ2v) is 5.36. The first-order valence-corrected chi connectivity index (χ1v) is 8.03. The first kappa shape index (κ1) is 17.5. The van der Waals surface area contributed by atoms with Gasteiger partial charge in [0.1, 0.15) is 0 Å². The molecule has 0 fully saturated rings. The molecule has 0 aliphatic heterocycles. The molecule has 0 aliphatic carbocycles. The molecular weight excluding hydrogens is 274 g/mol. The van der Waals surface area contributed by atoms with E-state index in [1.54, 1.807) is 0 Å². The number of nitrogens with zero attached hydrogens (tertiary/aromatic N) is 2. The zero-order valence-electron chi connectivity index (χ0n) is 13.2. The van der Waals surface area contributed by atoms with Gasteiger partial charge in [-0.15, -0.1) is 0 Å². The Bertz CT molecular complexity index is 393. The Kier molecular flexibility index (Phi) is 8.19. The van der Waals surface area contributed by atoms with E-state index in [4.69, 9.17) is 16.3 Å². The van der Waals surface area contributed by atoms with Crippen molar-refractivity contribution in [2.45, 2.75) is 52.5 Å². The molecule has 0 saturated carbocycles. The van der Waals surface area contributed by atoms with Crippen LogP contribution in [-0.2, 0) is 24.6 Å². The number of nitrogens with one attached hydrogen (secondary N) is 1. The maximum absolute atomic E-state index is 6.42. The van der Waals surface area contributed by atoms with E-state index in [2.05, 4.69) is 24.3 Å². The highest BCUT2D eigenvalue weighted by molar-refractivity contribution is 6.31. The first-order chi connectivity index (χ1) is 9.63. The lowest BCUT2D eigenvalue weighted by atomic mass is 10.1. The van der Waals surface area contributed by atoms with E-state index in [1.807, 2.05) is 18.7 Å². The zero-order chi connectivity index (χ0) is 15.0. The summed E-state index contributed by atoms with van der Waals surface area (Å²) in [7, 11) is 1.98. The number of hydrogen-bond acceptors (Lipinski definition) is 3. The van der Waals surface area contributed by atoms with Crippen LogP contribution in [0.3, 0.4) is 0 Å². The summed E-state index contributed by atoms with van der Waals surface area (Å²) in [5, 5.41) is 8.85. The van der Waals surface area contributed by atoms with Crippen molar-refractivity contribution in [2.75, 3.05) is 19.8 Å². The van der Waals surface area contributed by atoms with Gasteiger partial charge in [-0.2, -0.15) is 5.10 Å². The van der Waals surface area contributed by atoms with Crippen molar-refractivity contribution >= 4 is 11.6 Å². The minimum absolute atomic E-state index is 0.429. The molecule has 0 radical (unpaired) electrons. The Morgan fingerprint density at radius 3 is 2.65 bits per heavy atom. The van der Waals surface area contributed by atoms with Crippen LogP contribution in [0.2, 0.25) is 5.02 Å². The van der Waals surface area contributed by atoms with Crippen molar-refractivity contribution in [3.8, 4) is 0 Å². The largest absolute Gasteiger partial charge is 0.382 e. The summed E-state index contributed by atoms with van der Waals surface area (Å²) in [6.07, 6.45) is 3.96. The Morgan fingerprint density at radius 1 is 1.35 bits per heavy atom. The number of likely N-dealkylation sites (N-methyl/N-ethyl adjacent to an activating group) is 1. The maximum Gasteiger partial charge on any atom is 0.0850 e. The van der Waals surface area contributed by atoms with Crippen molar-refractivity contribution in [3.05, 3.63) is 16.4 Å². The predicted molar refractivity (Wildman–Crippen MR) is 84.5 cm³/mol. The van der Waals surface area contributed by atoms with Crippen LogP contribution < -0.4 is 5.32 Å². The summed E-state index contributed by atoms with van der Waals surface area (Å²) in [6.45, 7) is 8.84. The molecule has 0 aromatic carbocycles. The van der Waals surface area contributed by atoms with Gasteiger partial charge in [-0.1, -0.05) is 25.4 Å². The molecule has 1 N–H and O–H groups in total. The van der Waals surface area contributed by atoms with Gasteiger partial charge in [0.25, 0.3) is 0 Å². The molecular formula is C15H28ClN3O. The van der Waals surface area contributed by atoms with Gasteiger partial charge in [0.05, 0.1) is 16.4 Å². The third kappa shape index (κ3) is 5.08. The van der Waals surface area contributed by atoms with E-state index in [0.29, 0.717) is 6.04 Å². The number of halogens is 1. The third-order valence-electron chi connectivity index (χ3n) is 3.48. The van der Waals surface area contributed by atoms with E-state index < -0.39 is 0 Å². The maximum atomic E-state index is 6.42. The lowest BCUT2D eigenvalue weighted by Gasteiger charge is -2.18. The van der Waals surface area contributed by atoms with E-state index in [9.17, 15) is 0 Å². The molecule has 5 heteroatoms. The van der Waals surface area contributed by atoms with Crippen molar-refractivity contribution in [3.63, 3.8) is 0 Å². The van der Waals surface area contributed by atoms with Gasteiger partial charge >= 0.3 is 0 Å². The van der Waals surface area contributed by atoms with E-state index in [0.717, 1.165) is 61.9 Å². The zero-order valence-corrected chi connectivity index (χ0v) is 14.0. The number of aryl methyl sites for hydroxylation is 2. The van der Waals surface area contributed by atoms with Gasteiger partial charge in [0, 0.05) is 32.7 Å². The van der Waals surface area contributed by atoms with Crippen molar-refractivity contribution in [2.24, 2.45) is 7.05 Å². The fourth-order valence-corrected chi connectivity index (χ4v) is 2.79. The highest BCUT2D eigenvalue weighted by Crippen LogP contribution is 2.22. The molecule has 0 amide bonds. The summed E-state index contributed by atoms with van der Waals surface area (Å²) >= 11 is 6.42. The van der Waals surface area contributed by atoms with E-state index >= 15 is 0 Å². The molecule has 1 rings (SSSR count). The summed E-state index contributed by atoms with van der Waals surface area (Å²) in [5.74, 6) is 0. The SMILES string of the molecule is CCNC(CCCOCC)Cc1c(Cl)c(CC)nn1C. The van der Waals surface area contributed by atoms with Gasteiger partial charge in [0.15, 0.2) is 0 Å². The van der Waals surface area contributed by atoms with Crippen LogP contribution in [0.15, 0.2) is 0 Å². The molecule has 116 valence electrons. The normalized spacial score (nSPS) is 12.8. The monoisotopic (exact) mass is 301 g/mol. The van der Waals surface area contributed by atoms with Crippen molar-refractivity contribution in [1.82, 2.24) is 15.1 Å². The van der Waals surface area contributed by atoms with Crippen LogP contribution >= 0.6 is 11.6 Å². The van der Waals surface area contributed by atoms with Crippen LogP contribution in [0.25, 0.3) is 0 Å². The average molecular weight is 302 g/mol. The number of rotatable bonds is 10. The number of ether oxygens (including phenoxy) is 1. The quantitative estimate of drug-likeness (QED) is 0.675. The molecule has 4 nitrogen and oxygen atoms in total. The van der Waals surface area contributed by atoms with E-state index in [1.165, 1.54) is 0 Å². The van der Waals surface area contributed by atoms with Crippen molar-refractivity contribution in [1.29, 1.82) is 0 Å². The van der Waals surface area contributed by atoms with Crippen LogP contribution in [0.5, 0.6) is 0 Å². The fourth-order valence-electron chi connectivity index (χ4n) is 2.42. The molecule has 0 aliphatic rings. The second-order valence-electron chi connectivity index (χ2n) is 4.98. The molecule has 1 heterocycles. The number of aromatic nitrogens is 2. The minimum atomic E-state index is 0.429. The summed E-state index contributed by atoms with van der Waals surface area (Å²) in [5.41, 5.74) is 2.12. The second kappa shape index (κ2) is 9.37. The predicted octanol–water partition coefficient (Wildman–Crippen LogP) is 2.97. The standard InChI is InChI=1S/C15H28ClN3O/c1-5-13-15(16)14(19(4)18-13)11-12(17-6-2)9-8-10-20-7-3/h12,17H,5-11H2,1-4H3. The van der Waals surface area contributed by atoms with Gasteiger partial charge in [0.2, 0.25) is 0 Å². The molecule has 0 saturated heterocycles. The molecule has 20 heavy (non-hydrogen) atoms. The summed E-state index contributed by atoms with van der Waals surface area (Å²) in [4.78, 5) is 0. The molecule has 1 atom stereocenters. The van der Waals surface area contributed by atoms with Gasteiger partial charge in [-0.05, 0) is 32.7 Å². The number of hydrogen-bond donors (Lipinski definition) is 1.